The van der Waals surface area contributed by atoms with E-state index in [9.17, 15) is 9.90 Å². The summed E-state index contributed by atoms with van der Waals surface area (Å²) in [5.41, 5.74) is 4.23. The van der Waals surface area contributed by atoms with Crippen LogP contribution in [0.1, 0.15) is 33.2 Å². The van der Waals surface area contributed by atoms with Crippen LogP contribution >= 0.6 is 0 Å². The van der Waals surface area contributed by atoms with E-state index < -0.39 is 6.10 Å². The van der Waals surface area contributed by atoms with Gasteiger partial charge in [0.05, 0.1) is 6.10 Å². The number of benzene rings is 2. The molecule has 1 aliphatic carbocycles. The number of carbonyl (C=O) groups is 1. The summed E-state index contributed by atoms with van der Waals surface area (Å²) in [5.74, 6) is 0.106. The highest BCUT2D eigenvalue weighted by Crippen LogP contribution is 2.34. The zero-order valence-corrected chi connectivity index (χ0v) is 14.6. The van der Waals surface area contributed by atoms with Gasteiger partial charge in [-0.05, 0) is 36.6 Å². The highest BCUT2D eigenvalue weighted by atomic mass is 16.3. The van der Waals surface area contributed by atoms with Gasteiger partial charge in [-0.3, -0.25) is 9.69 Å². The maximum Gasteiger partial charge on any atom is 0.253 e. The molecule has 0 radical (unpaired) electrons. The first-order valence-electron chi connectivity index (χ1n) is 8.99. The van der Waals surface area contributed by atoms with Gasteiger partial charge >= 0.3 is 0 Å². The van der Waals surface area contributed by atoms with Gasteiger partial charge in [-0.25, -0.2) is 0 Å². The topological polar surface area (TPSA) is 43.8 Å². The van der Waals surface area contributed by atoms with E-state index in [4.69, 9.17) is 0 Å². The van der Waals surface area contributed by atoms with Crippen LogP contribution in [-0.4, -0.2) is 53.0 Å². The average Bonchev–Trinajstić information content (AvgIpc) is 2.99. The molecule has 1 aliphatic heterocycles. The lowest BCUT2D eigenvalue weighted by molar-refractivity contribution is 0.0255. The fourth-order valence-corrected chi connectivity index (χ4v) is 4.02. The van der Waals surface area contributed by atoms with Crippen LogP contribution in [0.3, 0.4) is 0 Å². The minimum atomic E-state index is -0.421. The molecule has 2 aromatic carbocycles. The number of aliphatic hydroxyl groups is 1. The average molecular weight is 336 g/mol. The van der Waals surface area contributed by atoms with Crippen LogP contribution in [0.15, 0.2) is 48.5 Å². The molecule has 2 aromatic rings. The Bertz CT molecular complexity index is 764. The third-order valence-corrected chi connectivity index (χ3v) is 5.54. The molecule has 2 unspecified atom stereocenters. The van der Waals surface area contributed by atoms with E-state index in [1.165, 1.54) is 5.56 Å². The Morgan fingerprint density at radius 2 is 1.68 bits per heavy atom. The van der Waals surface area contributed by atoms with Gasteiger partial charge in [0.15, 0.2) is 0 Å². The number of amides is 1. The Balaban J connectivity index is 1.39. The summed E-state index contributed by atoms with van der Waals surface area (Å²) in [5, 5.41) is 10.7. The normalized spacial score (nSPS) is 23.5. The molecule has 2 atom stereocenters. The Labute approximate surface area is 148 Å². The first-order chi connectivity index (χ1) is 12.1. The highest BCUT2D eigenvalue weighted by Gasteiger charge is 2.36. The van der Waals surface area contributed by atoms with Crippen molar-refractivity contribution >= 4 is 5.91 Å². The van der Waals surface area contributed by atoms with E-state index in [0.29, 0.717) is 13.1 Å². The molecule has 4 heteroatoms. The monoisotopic (exact) mass is 336 g/mol. The van der Waals surface area contributed by atoms with Crippen molar-refractivity contribution in [3.8, 4) is 0 Å². The molecule has 130 valence electrons. The van der Waals surface area contributed by atoms with Crippen molar-refractivity contribution in [2.45, 2.75) is 25.5 Å². The first kappa shape index (κ1) is 16.3. The third kappa shape index (κ3) is 3.08. The molecule has 1 N–H and O–H groups in total. The Morgan fingerprint density at radius 3 is 2.36 bits per heavy atom. The minimum absolute atomic E-state index is 0.106. The smallest absolute Gasteiger partial charge is 0.253 e. The number of rotatable bonds is 2. The van der Waals surface area contributed by atoms with Crippen molar-refractivity contribution < 1.29 is 9.90 Å². The lowest BCUT2D eigenvalue weighted by atomic mass is 10.1. The van der Waals surface area contributed by atoms with E-state index in [1.807, 2.05) is 54.3 Å². The lowest BCUT2D eigenvalue weighted by Gasteiger charge is -2.39. The number of hydrogen-bond donors (Lipinski definition) is 1. The first-order valence-corrected chi connectivity index (χ1v) is 8.99. The molecule has 0 bridgehead atoms. The molecule has 1 heterocycles. The molecule has 25 heavy (non-hydrogen) atoms. The standard InChI is InChI=1S/C21H24N2O2/c1-15-6-8-16(9-7-15)21(25)23-12-10-22(11-13-23)19-14-17-4-2-3-5-18(17)20(19)24/h2-9,19-20,24H,10-14H2,1H3. The summed E-state index contributed by atoms with van der Waals surface area (Å²) in [6.45, 7) is 5.08. The minimum Gasteiger partial charge on any atom is -0.387 e. The number of piperazine rings is 1. The van der Waals surface area contributed by atoms with Gasteiger partial charge in [-0.15, -0.1) is 0 Å². The quantitative estimate of drug-likeness (QED) is 0.916. The van der Waals surface area contributed by atoms with Gasteiger partial charge < -0.3 is 10.0 Å². The van der Waals surface area contributed by atoms with E-state index in [0.717, 1.165) is 36.2 Å². The molecule has 4 nitrogen and oxygen atoms in total. The molecular formula is C21H24N2O2. The van der Waals surface area contributed by atoms with Crippen molar-refractivity contribution in [1.82, 2.24) is 9.80 Å². The van der Waals surface area contributed by atoms with Crippen LogP contribution in [0.4, 0.5) is 0 Å². The predicted octanol–water partition coefficient (Wildman–Crippen LogP) is 2.41. The second kappa shape index (κ2) is 6.62. The second-order valence-corrected chi connectivity index (χ2v) is 7.11. The van der Waals surface area contributed by atoms with Crippen molar-refractivity contribution in [1.29, 1.82) is 0 Å². The van der Waals surface area contributed by atoms with Gasteiger partial charge in [-0.1, -0.05) is 42.0 Å². The molecule has 0 saturated carbocycles. The summed E-state index contributed by atoms with van der Waals surface area (Å²) in [6, 6.07) is 16.1. The maximum atomic E-state index is 12.6. The van der Waals surface area contributed by atoms with E-state index >= 15 is 0 Å². The van der Waals surface area contributed by atoms with Crippen LogP contribution in [0.5, 0.6) is 0 Å². The summed E-state index contributed by atoms with van der Waals surface area (Å²) in [6.07, 6.45) is 0.471. The summed E-state index contributed by atoms with van der Waals surface area (Å²) in [7, 11) is 0. The fraction of sp³-hybridized carbons (Fsp3) is 0.381. The number of carbonyl (C=O) groups excluding carboxylic acids is 1. The van der Waals surface area contributed by atoms with Crippen LogP contribution < -0.4 is 0 Å². The van der Waals surface area contributed by atoms with Crippen molar-refractivity contribution in [3.63, 3.8) is 0 Å². The summed E-state index contributed by atoms with van der Waals surface area (Å²) < 4.78 is 0. The SMILES string of the molecule is Cc1ccc(C(=O)N2CCN(C3Cc4ccccc4C3O)CC2)cc1. The molecule has 1 amide bonds. The molecule has 0 aromatic heterocycles. The second-order valence-electron chi connectivity index (χ2n) is 7.11. The van der Waals surface area contributed by atoms with Crippen LogP contribution in [0.2, 0.25) is 0 Å². The Morgan fingerprint density at radius 1 is 1.00 bits per heavy atom. The number of fused-ring (bicyclic) bond motifs is 1. The Kier molecular flexibility index (Phi) is 4.32. The fourth-order valence-electron chi connectivity index (χ4n) is 4.02. The number of aryl methyl sites for hydroxylation is 1. The molecular weight excluding hydrogens is 312 g/mol. The maximum absolute atomic E-state index is 12.6. The van der Waals surface area contributed by atoms with Gasteiger partial charge in [0, 0.05) is 37.8 Å². The molecule has 1 saturated heterocycles. The zero-order valence-electron chi connectivity index (χ0n) is 14.6. The predicted molar refractivity (Wildman–Crippen MR) is 97.5 cm³/mol. The molecule has 2 aliphatic rings. The van der Waals surface area contributed by atoms with E-state index in [2.05, 4.69) is 11.0 Å². The van der Waals surface area contributed by atoms with Gasteiger partial charge in [-0.2, -0.15) is 0 Å². The summed E-state index contributed by atoms with van der Waals surface area (Å²) >= 11 is 0. The van der Waals surface area contributed by atoms with Crippen molar-refractivity contribution in [2.75, 3.05) is 26.2 Å². The third-order valence-electron chi connectivity index (χ3n) is 5.54. The van der Waals surface area contributed by atoms with Gasteiger partial charge in [0.2, 0.25) is 0 Å². The molecule has 4 rings (SSSR count). The van der Waals surface area contributed by atoms with Gasteiger partial charge in [0.25, 0.3) is 5.91 Å². The highest BCUT2D eigenvalue weighted by molar-refractivity contribution is 5.94. The van der Waals surface area contributed by atoms with Gasteiger partial charge in [0.1, 0.15) is 0 Å². The summed E-state index contributed by atoms with van der Waals surface area (Å²) in [4.78, 5) is 16.9. The van der Waals surface area contributed by atoms with Crippen LogP contribution in [0.25, 0.3) is 0 Å². The Hall–Kier alpha value is -2.17. The zero-order chi connectivity index (χ0) is 17.4. The van der Waals surface area contributed by atoms with Crippen LogP contribution in [0, 0.1) is 6.92 Å². The lowest BCUT2D eigenvalue weighted by Crippen LogP contribution is -2.53. The van der Waals surface area contributed by atoms with Crippen molar-refractivity contribution in [2.24, 2.45) is 0 Å². The number of nitrogens with zero attached hydrogens (tertiary/aromatic N) is 2. The van der Waals surface area contributed by atoms with E-state index in [1.54, 1.807) is 0 Å². The van der Waals surface area contributed by atoms with Crippen LogP contribution in [-0.2, 0) is 6.42 Å². The number of aliphatic hydroxyl groups excluding tert-OH is 1. The number of hydrogen-bond acceptors (Lipinski definition) is 3. The largest absolute Gasteiger partial charge is 0.387 e. The van der Waals surface area contributed by atoms with Crippen molar-refractivity contribution in [3.05, 3.63) is 70.8 Å². The van der Waals surface area contributed by atoms with E-state index in [-0.39, 0.29) is 11.9 Å². The molecule has 1 fully saturated rings. The molecule has 0 spiro atoms.